The Morgan fingerprint density at radius 3 is 1.30 bits per heavy atom. The number of esters is 2. The molecule has 0 spiro atoms. The Morgan fingerprint density at radius 1 is 0.674 bits per heavy atom. The number of carbonyl (C=O) groups excluding carboxylic acids is 2. The lowest BCUT2D eigenvalue weighted by atomic mass is 10.1. The van der Waals surface area contributed by atoms with E-state index >= 15 is 0 Å². The minimum atomic E-state index is -0.781. The van der Waals surface area contributed by atoms with E-state index in [-0.39, 0.29) is 52.5 Å². The highest BCUT2D eigenvalue weighted by atomic mass is 32.2. The van der Waals surface area contributed by atoms with E-state index < -0.39 is 34.0 Å². The van der Waals surface area contributed by atoms with Gasteiger partial charge in [-0.15, -0.1) is 23.5 Å². The minimum absolute atomic E-state index is 0.0720. The quantitative estimate of drug-likeness (QED) is 0.0399. The summed E-state index contributed by atoms with van der Waals surface area (Å²) >= 11 is 16.4. The van der Waals surface area contributed by atoms with Crippen LogP contribution in [0, 0.1) is 22.7 Å². The second-order valence-electron chi connectivity index (χ2n) is 10.1. The summed E-state index contributed by atoms with van der Waals surface area (Å²) in [5.41, 5.74) is 0. The first kappa shape index (κ1) is 45.3. The van der Waals surface area contributed by atoms with Crippen LogP contribution >= 0.6 is 71.5 Å². The van der Waals surface area contributed by atoms with Crippen molar-refractivity contribution in [3.8, 4) is 12.1 Å². The zero-order valence-electron chi connectivity index (χ0n) is 27.7. The molecule has 0 aliphatic carbocycles. The molecule has 0 fully saturated rings. The molecule has 0 N–H and O–H groups in total. The fourth-order valence-electron chi connectivity index (χ4n) is 3.15. The van der Waals surface area contributed by atoms with Gasteiger partial charge in [0.15, 0.2) is 12.6 Å². The van der Waals surface area contributed by atoms with E-state index in [1.807, 2.05) is 0 Å². The molecule has 0 aromatic heterocycles. The van der Waals surface area contributed by atoms with Gasteiger partial charge in [-0.05, 0) is 64.9 Å². The molecule has 16 heteroatoms. The van der Waals surface area contributed by atoms with Crippen molar-refractivity contribution in [1.29, 1.82) is 10.5 Å². The average molecular weight is 757 g/mol. The summed E-state index contributed by atoms with van der Waals surface area (Å²) < 4.78 is 32.4. The minimum Gasteiger partial charge on any atom is -0.463 e. The largest absolute Gasteiger partial charge is 0.463 e. The van der Waals surface area contributed by atoms with Crippen molar-refractivity contribution >= 4 is 90.5 Å². The van der Waals surface area contributed by atoms with Crippen molar-refractivity contribution in [3.05, 3.63) is 0 Å². The van der Waals surface area contributed by atoms with Gasteiger partial charge in [0.05, 0.1) is 38.6 Å². The SMILES string of the molecule is CCCSC(=S)SC(C)(C#N)CCC(=O)OCCOC(C)OCCOC(C)OCCOC(=O)CCC(C)(C#N)SC(=S)SCCC. The van der Waals surface area contributed by atoms with Gasteiger partial charge in [0, 0.05) is 12.8 Å². The average Bonchev–Trinajstić information content (AvgIpc) is 3.03. The highest BCUT2D eigenvalue weighted by Crippen LogP contribution is 2.35. The van der Waals surface area contributed by atoms with Crippen molar-refractivity contribution in [2.24, 2.45) is 0 Å². The Labute approximate surface area is 302 Å². The summed E-state index contributed by atoms with van der Waals surface area (Å²) in [6.07, 6.45) is 1.82. The third kappa shape index (κ3) is 24.5. The zero-order valence-corrected chi connectivity index (χ0v) is 32.6. The normalized spacial score (nSPS) is 15.0. The molecule has 10 nitrogen and oxygen atoms in total. The van der Waals surface area contributed by atoms with Crippen LogP contribution in [0.15, 0.2) is 0 Å². The molecule has 0 rings (SSSR count). The number of carbonyl (C=O) groups is 2. The molecule has 0 aromatic carbocycles. The number of hydrogen-bond donors (Lipinski definition) is 0. The molecule has 0 aromatic rings. The third-order valence-electron chi connectivity index (χ3n) is 5.74. The lowest BCUT2D eigenvalue weighted by molar-refractivity contribution is -0.179. The fraction of sp³-hybridized carbons (Fsp3) is 0.800. The van der Waals surface area contributed by atoms with E-state index in [2.05, 4.69) is 26.0 Å². The van der Waals surface area contributed by atoms with Crippen LogP contribution < -0.4 is 0 Å². The summed E-state index contributed by atoms with van der Waals surface area (Å²) in [5, 5.41) is 19.1. The molecule has 0 bridgehead atoms. The van der Waals surface area contributed by atoms with Crippen LogP contribution in [-0.4, -0.2) is 92.2 Å². The van der Waals surface area contributed by atoms with Gasteiger partial charge in [-0.3, -0.25) is 9.59 Å². The maximum absolute atomic E-state index is 12.1. The van der Waals surface area contributed by atoms with Crippen LogP contribution in [0.25, 0.3) is 0 Å². The van der Waals surface area contributed by atoms with Gasteiger partial charge in [-0.2, -0.15) is 10.5 Å². The second-order valence-corrected chi connectivity index (χ2v) is 17.7. The Morgan fingerprint density at radius 2 is 1.00 bits per heavy atom. The summed E-state index contributed by atoms with van der Waals surface area (Å²) in [6, 6.07) is 4.51. The van der Waals surface area contributed by atoms with Gasteiger partial charge in [0.2, 0.25) is 0 Å². The van der Waals surface area contributed by atoms with Crippen LogP contribution in [0.4, 0.5) is 0 Å². The van der Waals surface area contributed by atoms with Gasteiger partial charge < -0.3 is 28.4 Å². The van der Waals surface area contributed by atoms with Gasteiger partial charge >= 0.3 is 11.9 Å². The standard InChI is InChI=1S/C30H48N2O8S6/c1-7-19-43-27(41)45-29(5,21-31)11-9-25(33)39-17-15-37-23(3)35-13-14-36-24(4)38-16-18-40-26(34)10-12-30(6,22-32)46-28(42)44-20-8-2/h23-24H,7-20H2,1-6H3. The van der Waals surface area contributed by atoms with E-state index in [0.29, 0.717) is 19.9 Å². The van der Waals surface area contributed by atoms with Crippen LogP contribution in [0.3, 0.4) is 0 Å². The number of hydrogen-bond acceptors (Lipinski definition) is 16. The molecule has 46 heavy (non-hydrogen) atoms. The monoisotopic (exact) mass is 756 g/mol. The molecule has 0 heterocycles. The van der Waals surface area contributed by atoms with Crippen LogP contribution in [0.2, 0.25) is 0 Å². The number of ether oxygens (including phenoxy) is 6. The molecule has 0 amide bonds. The first-order valence-electron chi connectivity index (χ1n) is 15.1. The van der Waals surface area contributed by atoms with Gasteiger partial charge in [-0.25, -0.2) is 0 Å². The molecule has 0 aliphatic heterocycles. The molecule has 4 atom stereocenters. The predicted molar refractivity (Wildman–Crippen MR) is 197 cm³/mol. The highest BCUT2D eigenvalue weighted by Gasteiger charge is 2.29. The first-order valence-corrected chi connectivity index (χ1v) is 19.6. The van der Waals surface area contributed by atoms with E-state index in [9.17, 15) is 20.1 Å². The van der Waals surface area contributed by atoms with Crippen molar-refractivity contribution < 1.29 is 38.0 Å². The maximum Gasteiger partial charge on any atom is 0.305 e. The van der Waals surface area contributed by atoms with E-state index in [1.165, 1.54) is 23.5 Å². The topological polar surface area (TPSA) is 137 Å². The zero-order chi connectivity index (χ0) is 34.8. The number of rotatable bonds is 25. The molecule has 0 radical (unpaired) electrons. The smallest absolute Gasteiger partial charge is 0.305 e. The number of thiocarbonyl (C=S) groups is 2. The third-order valence-corrected chi connectivity index (χ3v) is 11.7. The maximum atomic E-state index is 12.1. The van der Waals surface area contributed by atoms with Crippen LogP contribution in [-0.2, 0) is 38.0 Å². The van der Waals surface area contributed by atoms with Gasteiger partial charge in [0.25, 0.3) is 0 Å². The Kier molecular flexibility index (Phi) is 26.8. The summed E-state index contributed by atoms with van der Waals surface area (Å²) in [4.78, 5) is 24.2. The van der Waals surface area contributed by atoms with Crippen molar-refractivity contribution in [3.63, 3.8) is 0 Å². The van der Waals surface area contributed by atoms with Crippen LogP contribution in [0.1, 0.15) is 80.1 Å². The van der Waals surface area contributed by atoms with Gasteiger partial charge in [-0.1, -0.05) is 61.8 Å². The molecule has 4 unspecified atom stereocenters. The van der Waals surface area contributed by atoms with E-state index in [1.54, 1.807) is 51.2 Å². The molecule has 0 saturated carbocycles. The van der Waals surface area contributed by atoms with Crippen LogP contribution in [0.5, 0.6) is 0 Å². The summed E-state index contributed by atoms with van der Waals surface area (Å²) in [5.74, 6) is 1.00. The molecule has 0 saturated heterocycles. The fourth-order valence-corrected chi connectivity index (χ4v) is 8.80. The molecular weight excluding hydrogens is 709 g/mol. The van der Waals surface area contributed by atoms with Crippen molar-refractivity contribution in [2.75, 3.05) is 51.1 Å². The lowest BCUT2D eigenvalue weighted by Crippen LogP contribution is -2.24. The molecule has 262 valence electrons. The van der Waals surface area contributed by atoms with Crippen molar-refractivity contribution in [2.45, 2.75) is 102 Å². The highest BCUT2D eigenvalue weighted by molar-refractivity contribution is 8.48. The lowest BCUT2D eigenvalue weighted by Gasteiger charge is -2.20. The number of thioether (sulfide) groups is 4. The second kappa shape index (κ2) is 27.2. The summed E-state index contributed by atoms with van der Waals surface area (Å²) in [6.45, 7) is 12.1. The number of nitriles is 2. The Balaban J connectivity index is 3.96. The van der Waals surface area contributed by atoms with E-state index in [4.69, 9.17) is 52.9 Å². The van der Waals surface area contributed by atoms with Crippen molar-refractivity contribution in [1.82, 2.24) is 0 Å². The van der Waals surface area contributed by atoms with Gasteiger partial charge in [0.1, 0.15) is 29.8 Å². The Bertz CT molecular complexity index is 933. The predicted octanol–water partition coefficient (Wildman–Crippen LogP) is 7.28. The summed E-state index contributed by atoms with van der Waals surface area (Å²) in [7, 11) is 0. The van der Waals surface area contributed by atoms with E-state index in [0.717, 1.165) is 24.3 Å². The Hall–Kier alpha value is -0.660. The number of nitrogens with zero attached hydrogens (tertiary/aromatic N) is 2. The first-order chi connectivity index (χ1) is 21.8. The molecule has 0 aliphatic rings. The molecular formula is C30H48N2O8S6.